The topological polar surface area (TPSA) is 52.7 Å². The lowest BCUT2D eigenvalue weighted by atomic mass is 10.1. The number of carbonyl (C=O) groups excluding carboxylic acids is 2. The molecule has 0 saturated carbocycles. The van der Waals surface area contributed by atoms with Gasteiger partial charge in [0.2, 0.25) is 0 Å². The van der Waals surface area contributed by atoms with Crippen LogP contribution in [0.15, 0.2) is 18.2 Å². The van der Waals surface area contributed by atoms with Crippen LogP contribution in [0.5, 0.6) is 0 Å². The van der Waals surface area contributed by atoms with Gasteiger partial charge in [-0.25, -0.2) is 4.79 Å². The van der Waals surface area contributed by atoms with Crippen LogP contribution in [0.2, 0.25) is 5.02 Å². The summed E-state index contributed by atoms with van der Waals surface area (Å²) in [4.78, 5) is 27.1. The predicted octanol–water partition coefficient (Wildman–Crippen LogP) is 2.02. The van der Waals surface area contributed by atoms with Gasteiger partial charge >= 0.3 is 6.03 Å². The molecule has 0 aromatic heterocycles. The van der Waals surface area contributed by atoms with E-state index >= 15 is 0 Å². The molecule has 0 spiro atoms. The molecule has 1 N–H and O–H groups in total. The van der Waals surface area contributed by atoms with E-state index in [1.165, 1.54) is 4.90 Å². The number of nitrogens with zero attached hydrogens (tertiary/aromatic N) is 2. The van der Waals surface area contributed by atoms with Gasteiger partial charge in [-0.1, -0.05) is 11.6 Å². The predicted molar refractivity (Wildman–Crippen MR) is 74.4 cm³/mol. The molecule has 0 bridgehead atoms. The summed E-state index contributed by atoms with van der Waals surface area (Å²) in [6.07, 6.45) is 0. The van der Waals surface area contributed by atoms with E-state index in [0.717, 1.165) is 11.3 Å². The minimum atomic E-state index is -0.663. The summed E-state index contributed by atoms with van der Waals surface area (Å²) in [6, 6.07) is 4.31. The van der Waals surface area contributed by atoms with Crippen LogP contribution in [0.3, 0.4) is 0 Å². The first kappa shape index (κ1) is 13.7. The number of hydrogen-bond donors (Lipinski definition) is 1. The number of anilines is 1. The Hall–Kier alpha value is -1.75. The third-order valence-electron chi connectivity index (χ3n) is 3.09. The van der Waals surface area contributed by atoms with Crippen LogP contribution >= 0.6 is 11.6 Å². The van der Waals surface area contributed by atoms with E-state index in [-0.39, 0.29) is 11.9 Å². The Kier molecular flexibility index (Phi) is 3.66. The number of likely N-dealkylation sites (N-methyl/N-ethyl adjacent to an activating group) is 1. The number of fused-ring (bicyclic) bond motifs is 1. The molecule has 1 aromatic carbocycles. The smallest absolute Gasteiger partial charge is 0.317 e. The lowest BCUT2D eigenvalue weighted by Crippen LogP contribution is -2.41. The van der Waals surface area contributed by atoms with Crippen LogP contribution in [-0.2, 0) is 4.79 Å². The number of halogens is 1. The summed E-state index contributed by atoms with van der Waals surface area (Å²) in [5.41, 5.74) is 1.55. The highest BCUT2D eigenvalue weighted by Crippen LogP contribution is 2.37. The molecule has 1 aliphatic heterocycles. The highest BCUT2D eigenvalue weighted by atomic mass is 35.5. The fourth-order valence-electron chi connectivity index (χ4n) is 2.13. The molecule has 0 aliphatic carbocycles. The molecule has 0 radical (unpaired) electrons. The first-order chi connectivity index (χ1) is 8.95. The maximum Gasteiger partial charge on any atom is 0.317 e. The monoisotopic (exact) mass is 281 g/mol. The van der Waals surface area contributed by atoms with Crippen LogP contribution in [0.4, 0.5) is 10.5 Å². The van der Waals surface area contributed by atoms with Gasteiger partial charge in [0.05, 0.1) is 0 Å². The lowest BCUT2D eigenvalue weighted by Gasteiger charge is -2.18. The molecule has 5 nitrogen and oxygen atoms in total. The molecule has 102 valence electrons. The standard InChI is InChI=1S/C13H16ClN3O2/c1-4-17-10-6-5-8(14)7-9(10)11(12(17)18)15-13(19)16(2)3/h5-7,11H,4H2,1-3H3,(H,15,19). The molecule has 1 aromatic rings. The van der Waals surface area contributed by atoms with E-state index in [0.29, 0.717) is 11.6 Å². The highest BCUT2D eigenvalue weighted by molar-refractivity contribution is 6.31. The molecule has 3 amide bonds. The van der Waals surface area contributed by atoms with E-state index in [1.54, 1.807) is 37.2 Å². The normalized spacial score (nSPS) is 17.4. The van der Waals surface area contributed by atoms with Gasteiger partial charge in [-0.2, -0.15) is 0 Å². The first-order valence-corrected chi connectivity index (χ1v) is 6.42. The Morgan fingerprint density at radius 3 is 2.74 bits per heavy atom. The highest BCUT2D eigenvalue weighted by Gasteiger charge is 2.37. The van der Waals surface area contributed by atoms with Gasteiger partial charge in [0.15, 0.2) is 0 Å². The van der Waals surface area contributed by atoms with Crippen molar-refractivity contribution >= 4 is 29.2 Å². The molecular formula is C13H16ClN3O2. The number of nitrogens with one attached hydrogen (secondary N) is 1. The maximum atomic E-state index is 12.3. The van der Waals surface area contributed by atoms with Crippen LogP contribution in [0.1, 0.15) is 18.5 Å². The number of benzene rings is 1. The summed E-state index contributed by atoms with van der Waals surface area (Å²) >= 11 is 5.97. The van der Waals surface area contributed by atoms with Crippen molar-refractivity contribution in [2.45, 2.75) is 13.0 Å². The minimum Gasteiger partial charge on any atom is -0.331 e. The van der Waals surface area contributed by atoms with E-state index < -0.39 is 6.04 Å². The van der Waals surface area contributed by atoms with Crippen LogP contribution in [-0.4, -0.2) is 37.5 Å². The summed E-state index contributed by atoms with van der Waals surface area (Å²) in [7, 11) is 3.26. The average molecular weight is 282 g/mol. The third-order valence-corrected chi connectivity index (χ3v) is 3.33. The molecule has 1 aliphatic rings. The molecule has 1 heterocycles. The lowest BCUT2D eigenvalue weighted by molar-refractivity contribution is -0.119. The van der Waals surface area contributed by atoms with Gasteiger partial charge in [-0.3, -0.25) is 4.79 Å². The van der Waals surface area contributed by atoms with Gasteiger partial charge in [0, 0.05) is 36.9 Å². The molecule has 1 atom stereocenters. The molecule has 1 unspecified atom stereocenters. The van der Waals surface area contributed by atoms with Crippen molar-refractivity contribution in [1.29, 1.82) is 0 Å². The second-order valence-electron chi connectivity index (χ2n) is 4.56. The number of hydrogen-bond acceptors (Lipinski definition) is 2. The van der Waals surface area contributed by atoms with Crippen molar-refractivity contribution in [2.75, 3.05) is 25.5 Å². The Bertz CT molecular complexity index is 531. The van der Waals surface area contributed by atoms with Crippen LogP contribution in [0.25, 0.3) is 0 Å². The van der Waals surface area contributed by atoms with Gasteiger partial charge in [-0.05, 0) is 25.1 Å². The van der Waals surface area contributed by atoms with Crippen molar-refractivity contribution in [2.24, 2.45) is 0 Å². The molecule has 0 fully saturated rings. The summed E-state index contributed by atoms with van der Waals surface area (Å²) < 4.78 is 0. The molecule has 0 saturated heterocycles. The minimum absolute atomic E-state index is 0.130. The summed E-state index contributed by atoms with van der Waals surface area (Å²) in [6.45, 7) is 2.45. The zero-order valence-corrected chi connectivity index (χ0v) is 11.9. The van der Waals surface area contributed by atoms with Crippen molar-refractivity contribution < 1.29 is 9.59 Å². The van der Waals surface area contributed by atoms with Crippen molar-refractivity contribution in [1.82, 2.24) is 10.2 Å². The Balaban J connectivity index is 2.38. The Labute approximate surface area is 117 Å². The number of rotatable bonds is 2. The first-order valence-electron chi connectivity index (χ1n) is 6.04. The Morgan fingerprint density at radius 1 is 1.47 bits per heavy atom. The number of carbonyl (C=O) groups is 2. The number of amides is 3. The van der Waals surface area contributed by atoms with Crippen molar-refractivity contribution in [3.8, 4) is 0 Å². The third kappa shape index (κ3) is 2.38. The fraction of sp³-hybridized carbons (Fsp3) is 0.385. The second-order valence-corrected chi connectivity index (χ2v) is 5.00. The summed E-state index contributed by atoms with van der Waals surface area (Å²) in [5, 5.41) is 3.26. The van der Waals surface area contributed by atoms with Gasteiger partial charge in [-0.15, -0.1) is 0 Å². The second kappa shape index (κ2) is 5.09. The van der Waals surface area contributed by atoms with Crippen LogP contribution in [0, 0.1) is 0 Å². The van der Waals surface area contributed by atoms with E-state index in [2.05, 4.69) is 5.32 Å². The van der Waals surface area contributed by atoms with Crippen molar-refractivity contribution in [3.05, 3.63) is 28.8 Å². The maximum absolute atomic E-state index is 12.3. The Morgan fingerprint density at radius 2 is 2.16 bits per heavy atom. The largest absolute Gasteiger partial charge is 0.331 e. The van der Waals surface area contributed by atoms with Gasteiger partial charge in [0.25, 0.3) is 5.91 Å². The average Bonchev–Trinajstić information content (AvgIpc) is 2.61. The SMILES string of the molecule is CCN1C(=O)C(NC(=O)N(C)C)c2cc(Cl)ccc21. The number of urea groups is 1. The molecule has 2 rings (SSSR count). The van der Waals surface area contributed by atoms with Crippen molar-refractivity contribution in [3.63, 3.8) is 0 Å². The van der Waals surface area contributed by atoms with Gasteiger partial charge in [0.1, 0.15) is 6.04 Å². The van der Waals surface area contributed by atoms with Gasteiger partial charge < -0.3 is 15.1 Å². The summed E-state index contributed by atoms with van der Waals surface area (Å²) in [5.74, 6) is -0.130. The molecule has 6 heteroatoms. The van der Waals surface area contributed by atoms with E-state index in [9.17, 15) is 9.59 Å². The fourth-order valence-corrected chi connectivity index (χ4v) is 2.31. The quantitative estimate of drug-likeness (QED) is 0.902. The molecular weight excluding hydrogens is 266 g/mol. The zero-order chi connectivity index (χ0) is 14.2. The molecule has 19 heavy (non-hydrogen) atoms. The van der Waals surface area contributed by atoms with E-state index in [1.807, 2.05) is 6.92 Å². The zero-order valence-electron chi connectivity index (χ0n) is 11.1. The van der Waals surface area contributed by atoms with E-state index in [4.69, 9.17) is 11.6 Å². The van der Waals surface area contributed by atoms with Crippen LogP contribution < -0.4 is 10.2 Å².